The molecule has 246 valence electrons. The highest BCUT2D eigenvalue weighted by Gasteiger charge is 2.37. The molecule has 5 rings (SSSR count). The van der Waals surface area contributed by atoms with Crippen LogP contribution in [0.15, 0.2) is 65.7 Å². The molecular formula is C34H32F4N4O5. The van der Waals surface area contributed by atoms with Crippen LogP contribution in [0.25, 0.3) is 0 Å². The Bertz CT molecular complexity index is 1750. The van der Waals surface area contributed by atoms with Gasteiger partial charge < -0.3 is 19.9 Å². The Labute approximate surface area is 268 Å². The van der Waals surface area contributed by atoms with E-state index in [0.29, 0.717) is 17.7 Å². The van der Waals surface area contributed by atoms with Crippen LogP contribution in [0.3, 0.4) is 0 Å². The number of rotatable bonds is 7. The van der Waals surface area contributed by atoms with Crippen LogP contribution in [0, 0.1) is 5.82 Å². The number of carbonyl (C=O) groups excluding carboxylic acids is 4. The lowest BCUT2D eigenvalue weighted by Gasteiger charge is -2.39. The standard InChI is InChI=1S/C34H32F4N4O5/c1-20-13-14-39-28-24(20)5-4-6-25(28)29(43)30(44)40-26-12-7-21(19-27(26)47-34(36,37)38)31(45)41-15-17-42(18-16-41)32(46)33(2,3)22-8-10-23(35)11-9-22/h4-12,14,19-20H,13,15-18H2,1-3H3,(H,40,44). The van der Waals surface area contributed by atoms with E-state index in [9.17, 15) is 36.7 Å². The van der Waals surface area contributed by atoms with Crippen molar-refractivity contribution in [3.8, 4) is 5.75 Å². The molecule has 1 N–H and O–H groups in total. The second kappa shape index (κ2) is 13.0. The van der Waals surface area contributed by atoms with E-state index in [2.05, 4.69) is 15.0 Å². The van der Waals surface area contributed by atoms with E-state index in [4.69, 9.17) is 0 Å². The Morgan fingerprint density at radius 3 is 2.23 bits per heavy atom. The second-order valence-corrected chi connectivity index (χ2v) is 12.0. The Morgan fingerprint density at radius 1 is 0.915 bits per heavy atom. The Kier molecular flexibility index (Phi) is 9.19. The molecule has 0 spiro atoms. The lowest BCUT2D eigenvalue weighted by Crippen LogP contribution is -2.54. The summed E-state index contributed by atoms with van der Waals surface area (Å²) in [5.41, 5.74) is 0.164. The van der Waals surface area contributed by atoms with Crippen LogP contribution in [0.1, 0.15) is 65.0 Å². The van der Waals surface area contributed by atoms with Gasteiger partial charge in [-0.1, -0.05) is 31.2 Å². The van der Waals surface area contributed by atoms with E-state index < -0.39 is 46.6 Å². The molecule has 0 bridgehead atoms. The summed E-state index contributed by atoms with van der Waals surface area (Å²) in [6.07, 6.45) is -2.87. The lowest BCUT2D eigenvalue weighted by atomic mass is 9.83. The molecule has 0 radical (unpaired) electrons. The first-order valence-corrected chi connectivity index (χ1v) is 14.9. The number of fused-ring (bicyclic) bond motifs is 1. The maximum atomic E-state index is 13.4. The summed E-state index contributed by atoms with van der Waals surface area (Å²) >= 11 is 0. The van der Waals surface area contributed by atoms with Crippen molar-refractivity contribution in [1.82, 2.24) is 9.80 Å². The van der Waals surface area contributed by atoms with Gasteiger partial charge in [0.2, 0.25) is 5.91 Å². The molecule has 1 fully saturated rings. The van der Waals surface area contributed by atoms with Gasteiger partial charge in [-0.05, 0) is 73.7 Å². The number of hydrogen-bond acceptors (Lipinski definition) is 6. The number of amides is 3. The number of aliphatic imine (C=N–C) groups is 1. The van der Waals surface area contributed by atoms with Crippen LogP contribution in [-0.4, -0.2) is 72.1 Å². The Hall–Kier alpha value is -5.07. The highest BCUT2D eigenvalue weighted by molar-refractivity contribution is 6.47. The molecule has 0 aromatic heterocycles. The molecule has 3 aromatic rings. The molecule has 3 aromatic carbocycles. The van der Waals surface area contributed by atoms with Crippen molar-refractivity contribution >= 4 is 41.1 Å². The summed E-state index contributed by atoms with van der Waals surface area (Å²) in [7, 11) is 0. The first-order chi connectivity index (χ1) is 22.2. The Balaban J connectivity index is 1.29. The van der Waals surface area contributed by atoms with Crippen LogP contribution in [-0.2, 0) is 15.0 Å². The molecule has 0 saturated carbocycles. The van der Waals surface area contributed by atoms with Crippen molar-refractivity contribution in [1.29, 1.82) is 0 Å². The van der Waals surface area contributed by atoms with Crippen molar-refractivity contribution in [2.24, 2.45) is 4.99 Å². The Morgan fingerprint density at radius 2 is 1.57 bits per heavy atom. The topological polar surface area (TPSA) is 108 Å². The lowest BCUT2D eigenvalue weighted by molar-refractivity contribution is -0.274. The molecule has 2 aliphatic rings. The molecular weight excluding hydrogens is 620 g/mol. The first kappa shape index (κ1) is 33.3. The predicted octanol–water partition coefficient (Wildman–Crippen LogP) is 6.02. The van der Waals surface area contributed by atoms with Gasteiger partial charge in [-0.25, -0.2) is 4.39 Å². The van der Waals surface area contributed by atoms with Gasteiger partial charge in [0.05, 0.1) is 22.4 Å². The molecule has 1 saturated heterocycles. The summed E-state index contributed by atoms with van der Waals surface area (Å²) in [4.78, 5) is 59.9. The van der Waals surface area contributed by atoms with Gasteiger partial charge >= 0.3 is 6.36 Å². The third kappa shape index (κ3) is 7.18. The van der Waals surface area contributed by atoms with Crippen molar-refractivity contribution in [3.63, 3.8) is 0 Å². The molecule has 47 heavy (non-hydrogen) atoms. The van der Waals surface area contributed by atoms with E-state index in [0.717, 1.165) is 17.7 Å². The number of piperazine rings is 1. The maximum Gasteiger partial charge on any atom is 0.573 e. The number of anilines is 1. The second-order valence-electron chi connectivity index (χ2n) is 12.0. The smallest absolute Gasteiger partial charge is 0.404 e. The number of ketones is 1. The molecule has 2 aliphatic heterocycles. The SMILES string of the molecule is CC1CC=Nc2c(C(=O)C(=O)Nc3ccc(C(=O)N4CCN(C(=O)C(C)(C)c5ccc(F)cc5)CC4)cc3OC(F)(F)F)cccc21. The number of alkyl halides is 3. The number of Topliss-reactive ketones (excluding diaryl/α,β-unsaturated/α-hetero) is 1. The zero-order valence-corrected chi connectivity index (χ0v) is 25.9. The van der Waals surface area contributed by atoms with Crippen LogP contribution < -0.4 is 10.1 Å². The third-order valence-corrected chi connectivity index (χ3v) is 8.39. The minimum Gasteiger partial charge on any atom is -0.404 e. The number of nitrogens with one attached hydrogen (secondary N) is 1. The van der Waals surface area contributed by atoms with E-state index >= 15 is 0 Å². The van der Waals surface area contributed by atoms with Crippen molar-refractivity contribution < 1.29 is 41.5 Å². The third-order valence-electron chi connectivity index (χ3n) is 8.39. The fraction of sp³-hybridized carbons (Fsp3) is 0.324. The van der Waals surface area contributed by atoms with Crippen molar-refractivity contribution in [2.45, 2.75) is 44.9 Å². The van der Waals surface area contributed by atoms with E-state index in [1.165, 1.54) is 29.2 Å². The molecule has 9 nitrogen and oxygen atoms in total. The normalized spacial score (nSPS) is 16.4. The highest BCUT2D eigenvalue weighted by atomic mass is 19.4. The first-order valence-electron chi connectivity index (χ1n) is 14.9. The molecule has 0 aliphatic carbocycles. The number of nitrogens with zero attached hydrogens (tertiary/aromatic N) is 3. The van der Waals surface area contributed by atoms with Crippen molar-refractivity contribution in [2.75, 3.05) is 31.5 Å². The average molecular weight is 653 g/mol. The van der Waals surface area contributed by atoms with E-state index in [1.807, 2.05) is 6.92 Å². The average Bonchev–Trinajstić information content (AvgIpc) is 3.04. The highest BCUT2D eigenvalue weighted by Crippen LogP contribution is 2.36. The summed E-state index contributed by atoms with van der Waals surface area (Å²) in [6, 6.07) is 13.6. The van der Waals surface area contributed by atoms with Crippen LogP contribution in [0.4, 0.5) is 28.9 Å². The number of halogens is 4. The van der Waals surface area contributed by atoms with Crippen LogP contribution in [0.5, 0.6) is 5.75 Å². The molecule has 1 atom stereocenters. The predicted molar refractivity (Wildman–Crippen MR) is 166 cm³/mol. The number of para-hydroxylation sites is 1. The summed E-state index contributed by atoms with van der Waals surface area (Å²) < 4.78 is 57.7. The minimum absolute atomic E-state index is 0.00608. The van der Waals surface area contributed by atoms with Crippen molar-refractivity contribution in [3.05, 3.63) is 88.7 Å². The van der Waals surface area contributed by atoms with Crippen LogP contribution >= 0.6 is 0 Å². The van der Waals surface area contributed by atoms with E-state index in [-0.39, 0.29) is 49.1 Å². The van der Waals surface area contributed by atoms with Gasteiger partial charge in [0.25, 0.3) is 17.6 Å². The number of hydrogen-bond donors (Lipinski definition) is 1. The molecule has 3 amide bonds. The monoisotopic (exact) mass is 652 g/mol. The number of benzene rings is 3. The number of ether oxygens (including phenoxy) is 1. The number of carbonyl (C=O) groups is 4. The largest absolute Gasteiger partial charge is 0.573 e. The van der Waals surface area contributed by atoms with Gasteiger partial charge in [-0.2, -0.15) is 0 Å². The zero-order valence-electron chi connectivity index (χ0n) is 25.9. The van der Waals surface area contributed by atoms with Gasteiger partial charge in [0.1, 0.15) is 5.82 Å². The summed E-state index contributed by atoms with van der Waals surface area (Å²) in [5, 5.41) is 2.19. The fourth-order valence-electron chi connectivity index (χ4n) is 5.67. The quantitative estimate of drug-likeness (QED) is 0.191. The molecule has 13 heteroatoms. The molecule has 2 heterocycles. The fourth-order valence-corrected chi connectivity index (χ4v) is 5.67. The summed E-state index contributed by atoms with van der Waals surface area (Å²) in [6.45, 7) is 5.94. The molecule has 1 unspecified atom stereocenters. The van der Waals surface area contributed by atoms with Gasteiger partial charge in [0, 0.05) is 38.0 Å². The van der Waals surface area contributed by atoms with Gasteiger partial charge in [-0.15, -0.1) is 13.2 Å². The van der Waals surface area contributed by atoms with Gasteiger partial charge in [-0.3, -0.25) is 24.2 Å². The minimum atomic E-state index is -5.17. The zero-order chi connectivity index (χ0) is 34.1. The summed E-state index contributed by atoms with van der Waals surface area (Å²) in [5.74, 6) is -4.27. The van der Waals surface area contributed by atoms with Gasteiger partial charge in [0.15, 0.2) is 5.75 Å². The maximum absolute atomic E-state index is 13.4. The van der Waals surface area contributed by atoms with E-state index in [1.54, 1.807) is 49.2 Å². The van der Waals surface area contributed by atoms with Crippen LogP contribution in [0.2, 0.25) is 0 Å².